The van der Waals surface area contributed by atoms with E-state index in [1.165, 1.54) is 12.3 Å². The molecule has 6 heteroatoms. The molecule has 0 saturated carbocycles. The van der Waals surface area contributed by atoms with E-state index in [2.05, 4.69) is 15.5 Å². The Morgan fingerprint density at radius 2 is 2.00 bits per heavy atom. The van der Waals surface area contributed by atoms with Gasteiger partial charge in [-0.2, -0.15) is 0 Å². The van der Waals surface area contributed by atoms with Crippen molar-refractivity contribution in [3.8, 4) is 0 Å². The van der Waals surface area contributed by atoms with E-state index in [0.29, 0.717) is 5.56 Å². The number of amidine groups is 1. The molecule has 21 heavy (non-hydrogen) atoms. The van der Waals surface area contributed by atoms with E-state index < -0.39 is 0 Å². The second-order valence-electron chi connectivity index (χ2n) is 4.52. The van der Waals surface area contributed by atoms with Crippen LogP contribution in [0, 0.1) is 0 Å². The zero-order chi connectivity index (χ0) is 15.2. The Kier molecular flexibility index (Phi) is 4.50. The van der Waals surface area contributed by atoms with E-state index in [1.54, 1.807) is 6.07 Å². The number of hydrogen-bond acceptors (Lipinski definition) is 4. The van der Waals surface area contributed by atoms with Crippen molar-refractivity contribution in [2.75, 3.05) is 0 Å². The number of rotatable bonds is 4. The molecule has 1 heterocycles. The summed E-state index contributed by atoms with van der Waals surface area (Å²) in [5.41, 5.74) is 7.17. The molecule has 2 rings (SSSR count). The van der Waals surface area contributed by atoms with Crippen LogP contribution >= 0.6 is 0 Å². The molecule has 0 aliphatic carbocycles. The van der Waals surface area contributed by atoms with Crippen molar-refractivity contribution in [1.29, 1.82) is 0 Å². The summed E-state index contributed by atoms with van der Waals surface area (Å²) in [5.74, 6) is -0.329. The zero-order valence-corrected chi connectivity index (χ0v) is 11.5. The fraction of sp³-hybridized carbons (Fsp3) is 0.133. The number of carbonyl (C=O) groups excluding carboxylic acids is 1. The van der Waals surface area contributed by atoms with Crippen molar-refractivity contribution in [3.63, 3.8) is 0 Å². The van der Waals surface area contributed by atoms with Gasteiger partial charge in [-0.05, 0) is 24.6 Å². The molecule has 1 aromatic heterocycles. The first kappa shape index (κ1) is 14.5. The number of oxime groups is 1. The smallest absolute Gasteiger partial charge is 0.270 e. The second kappa shape index (κ2) is 6.51. The van der Waals surface area contributed by atoms with Crippen LogP contribution in [0.1, 0.15) is 34.6 Å². The molecule has 0 fully saturated rings. The van der Waals surface area contributed by atoms with Gasteiger partial charge in [0, 0.05) is 11.8 Å². The Balaban J connectivity index is 2.07. The van der Waals surface area contributed by atoms with Crippen LogP contribution in [0.2, 0.25) is 0 Å². The van der Waals surface area contributed by atoms with E-state index >= 15 is 0 Å². The van der Waals surface area contributed by atoms with E-state index in [9.17, 15) is 4.79 Å². The Morgan fingerprint density at radius 3 is 2.57 bits per heavy atom. The number of pyridine rings is 1. The average molecular weight is 284 g/mol. The molecule has 4 N–H and O–H groups in total. The lowest BCUT2D eigenvalue weighted by atomic mass is 10.1. The number of aromatic nitrogens is 1. The van der Waals surface area contributed by atoms with E-state index in [4.69, 9.17) is 10.9 Å². The monoisotopic (exact) mass is 284 g/mol. The fourth-order valence-electron chi connectivity index (χ4n) is 1.83. The highest BCUT2D eigenvalue weighted by Gasteiger charge is 2.12. The summed E-state index contributed by atoms with van der Waals surface area (Å²) in [6.45, 7) is 1.90. The van der Waals surface area contributed by atoms with Crippen LogP contribution in [-0.4, -0.2) is 21.9 Å². The molecule has 0 bridgehead atoms. The van der Waals surface area contributed by atoms with Gasteiger partial charge in [-0.25, -0.2) is 0 Å². The number of amides is 1. The fourth-order valence-corrected chi connectivity index (χ4v) is 1.83. The third-order valence-corrected chi connectivity index (χ3v) is 3.05. The number of nitrogens with zero attached hydrogens (tertiary/aromatic N) is 2. The molecule has 0 aliphatic rings. The van der Waals surface area contributed by atoms with Crippen LogP contribution in [0.3, 0.4) is 0 Å². The molecule has 0 spiro atoms. The number of benzene rings is 1. The molecule has 6 nitrogen and oxygen atoms in total. The van der Waals surface area contributed by atoms with Gasteiger partial charge >= 0.3 is 0 Å². The summed E-state index contributed by atoms with van der Waals surface area (Å²) < 4.78 is 0. The standard InChI is InChI=1S/C15H16N4O2/c1-10(11-5-3-2-4-6-11)18-15(20)13-8-7-12(9-17-13)14(16)19-21/h2-10,21H,1H3,(H2,16,19)(H,18,20). The Bertz CT molecular complexity index is 638. The van der Waals surface area contributed by atoms with E-state index in [1.807, 2.05) is 37.3 Å². The summed E-state index contributed by atoms with van der Waals surface area (Å²) in [5, 5.41) is 14.3. The number of hydrogen-bond donors (Lipinski definition) is 3. The van der Waals surface area contributed by atoms with Crippen molar-refractivity contribution in [2.24, 2.45) is 10.9 Å². The lowest BCUT2D eigenvalue weighted by Gasteiger charge is -2.13. The first-order valence-electron chi connectivity index (χ1n) is 6.41. The van der Waals surface area contributed by atoms with Gasteiger partial charge < -0.3 is 16.3 Å². The largest absolute Gasteiger partial charge is 0.409 e. The normalized spacial score (nSPS) is 12.7. The summed E-state index contributed by atoms with van der Waals surface area (Å²) >= 11 is 0. The van der Waals surface area contributed by atoms with Crippen LogP contribution in [0.15, 0.2) is 53.8 Å². The molecule has 0 radical (unpaired) electrons. The van der Waals surface area contributed by atoms with Crippen LogP contribution in [0.5, 0.6) is 0 Å². The van der Waals surface area contributed by atoms with Gasteiger partial charge in [0.15, 0.2) is 5.84 Å². The minimum Gasteiger partial charge on any atom is -0.409 e. The minimum absolute atomic E-state index is 0.0490. The van der Waals surface area contributed by atoms with Crippen molar-refractivity contribution in [1.82, 2.24) is 10.3 Å². The first-order valence-corrected chi connectivity index (χ1v) is 6.41. The summed E-state index contributed by atoms with van der Waals surface area (Å²) in [6.07, 6.45) is 1.39. The van der Waals surface area contributed by atoms with Gasteiger partial charge in [-0.15, -0.1) is 0 Å². The maximum absolute atomic E-state index is 12.1. The Hall–Kier alpha value is -2.89. The van der Waals surface area contributed by atoms with E-state index in [0.717, 1.165) is 5.56 Å². The molecule has 108 valence electrons. The highest BCUT2D eigenvalue weighted by molar-refractivity contribution is 5.98. The quantitative estimate of drug-likeness (QED) is 0.344. The lowest BCUT2D eigenvalue weighted by molar-refractivity contribution is 0.0935. The molecule has 0 saturated heterocycles. The maximum Gasteiger partial charge on any atom is 0.270 e. The van der Waals surface area contributed by atoms with Gasteiger partial charge in [0.2, 0.25) is 0 Å². The van der Waals surface area contributed by atoms with Gasteiger partial charge in [0.25, 0.3) is 5.91 Å². The van der Waals surface area contributed by atoms with Crippen molar-refractivity contribution in [3.05, 3.63) is 65.5 Å². The SMILES string of the molecule is CC(NC(=O)c1ccc(C(N)=NO)cn1)c1ccccc1. The lowest BCUT2D eigenvalue weighted by Crippen LogP contribution is -2.27. The summed E-state index contributed by atoms with van der Waals surface area (Å²) in [7, 11) is 0. The molecule has 1 unspecified atom stereocenters. The van der Waals surface area contributed by atoms with Crippen LogP contribution in [0.25, 0.3) is 0 Å². The summed E-state index contributed by atoms with van der Waals surface area (Å²) in [4.78, 5) is 16.1. The Morgan fingerprint density at radius 1 is 1.29 bits per heavy atom. The molecular formula is C15H16N4O2. The third-order valence-electron chi connectivity index (χ3n) is 3.05. The van der Waals surface area contributed by atoms with Gasteiger partial charge in [0.1, 0.15) is 5.69 Å². The molecule has 1 aromatic carbocycles. The predicted octanol–water partition coefficient (Wildman–Crippen LogP) is 1.67. The topological polar surface area (TPSA) is 101 Å². The summed E-state index contributed by atoms with van der Waals surface area (Å²) in [6, 6.07) is 12.6. The van der Waals surface area contributed by atoms with Crippen LogP contribution < -0.4 is 11.1 Å². The van der Waals surface area contributed by atoms with Crippen molar-refractivity contribution >= 4 is 11.7 Å². The minimum atomic E-state index is -0.280. The van der Waals surface area contributed by atoms with Crippen molar-refractivity contribution in [2.45, 2.75) is 13.0 Å². The highest BCUT2D eigenvalue weighted by Crippen LogP contribution is 2.12. The third kappa shape index (κ3) is 3.56. The zero-order valence-electron chi connectivity index (χ0n) is 11.5. The van der Waals surface area contributed by atoms with Gasteiger partial charge in [0.05, 0.1) is 6.04 Å². The predicted molar refractivity (Wildman–Crippen MR) is 79.1 cm³/mol. The molecular weight excluding hydrogens is 268 g/mol. The molecule has 0 aliphatic heterocycles. The van der Waals surface area contributed by atoms with E-state index in [-0.39, 0.29) is 23.5 Å². The number of nitrogens with two attached hydrogens (primary N) is 1. The molecule has 2 aromatic rings. The van der Waals surface area contributed by atoms with Crippen molar-refractivity contribution < 1.29 is 10.0 Å². The van der Waals surface area contributed by atoms with Gasteiger partial charge in [-0.3, -0.25) is 9.78 Å². The first-order chi connectivity index (χ1) is 10.1. The van der Waals surface area contributed by atoms with Gasteiger partial charge in [-0.1, -0.05) is 35.5 Å². The van der Waals surface area contributed by atoms with Crippen LogP contribution in [-0.2, 0) is 0 Å². The average Bonchev–Trinajstić information content (AvgIpc) is 2.55. The molecule has 1 amide bonds. The number of carbonyl (C=O) groups is 1. The highest BCUT2D eigenvalue weighted by atomic mass is 16.4. The second-order valence-corrected chi connectivity index (χ2v) is 4.52. The maximum atomic E-state index is 12.1. The van der Waals surface area contributed by atoms with Crippen LogP contribution in [0.4, 0.5) is 0 Å². The number of nitrogens with one attached hydrogen (secondary N) is 1. The molecule has 1 atom stereocenters. The Labute approximate surface area is 122 Å².